The Morgan fingerprint density at radius 3 is 2.27 bits per heavy atom. The van der Waals surface area contributed by atoms with Gasteiger partial charge in [0.05, 0.1) is 22.1 Å². The van der Waals surface area contributed by atoms with Crippen molar-refractivity contribution in [2.24, 2.45) is 4.36 Å². The quantitative estimate of drug-likeness (QED) is 0.695. The van der Waals surface area contributed by atoms with E-state index in [1.54, 1.807) is 7.11 Å². The summed E-state index contributed by atoms with van der Waals surface area (Å²) in [5.74, 6) is 0.443. The van der Waals surface area contributed by atoms with Gasteiger partial charge in [0, 0.05) is 18.6 Å². The lowest BCUT2D eigenvalue weighted by atomic mass is 10.1. The zero-order valence-corrected chi connectivity index (χ0v) is 13.8. The first-order valence-electron chi connectivity index (χ1n) is 7.53. The molecule has 2 aromatic rings. The van der Waals surface area contributed by atoms with Gasteiger partial charge < -0.3 is 4.74 Å². The molecule has 0 aliphatic carbocycles. The molecule has 0 bridgehead atoms. The molecular formula is C18H23NO2S. The van der Waals surface area contributed by atoms with Crippen molar-refractivity contribution in [1.29, 1.82) is 0 Å². The van der Waals surface area contributed by atoms with E-state index in [0.29, 0.717) is 18.9 Å². The lowest BCUT2D eigenvalue weighted by Crippen LogP contribution is -2.12. The summed E-state index contributed by atoms with van der Waals surface area (Å²) in [5, 5.41) is 0. The Kier molecular flexibility index (Phi) is 6.62. The molecule has 118 valence electrons. The molecule has 0 fully saturated rings. The number of hydrogen-bond acceptors (Lipinski definition) is 3. The predicted octanol–water partition coefficient (Wildman–Crippen LogP) is 3.79. The van der Waals surface area contributed by atoms with Gasteiger partial charge in [-0.1, -0.05) is 48.5 Å². The van der Waals surface area contributed by atoms with Crippen LogP contribution in [-0.4, -0.2) is 30.2 Å². The normalized spacial score (nSPS) is 13.5. The Bertz CT molecular complexity index is 662. The van der Waals surface area contributed by atoms with Gasteiger partial charge in [0.1, 0.15) is 0 Å². The molecule has 0 saturated heterocycles. The minimum atomic E-state index is -2.38. The van der Waals surface area contributed by atoms with Crippen molar-refractivity contribution in [1.82, 2.24) is 0 Å². The van der Waals surface area contributed by atoms with Crippen LogP contribution < -0.4 is 0 Å². The first-order chi connectivity index (χ1) is 10.7. The van der Waals surface area contributed by atoms with E-state index in [1.165, 1.54) is 5.56 Å². The Morgan fingerprint density at radius 2 is 1.64 bits per heavy atom. The van der Waals surface area contributed by atoms with E-state index in [4.69, 9.17) is 4.74 Å². The molecule has 2 aromatic carbocycles. The fourth-order valence-corrected chi connectivity index (χ4v) is 4.14. The van der Waals surface area contributed by atoms with Crippen LogP contribution in [0.3, 0.4) is 0 Å². The van der Waals surface area contributed by atoms with Gasteiger partial charge in [0.25, 0.3) is 0 Å². The van der Waals surface area contributed by atoms with Crippen molar-refractivity contribution < 1.29 is 8.95 Å². The number of benzene rings is 2. The molecule has 4 heteroatoms. The van der Waals surface area contributed by atoms with Gasteiger partial charge >= 0.3 is 0 Å². The van der Waals surface area contributed by atoms with E-state index in [0.717, 1.165) is 17.7 Å². The second-order valence-electron chi connectivity index (χ2n) is 5.09. The summed E-state index contributed by atoms with van der Waals surface area (Å²) >= 11 is 0. The van der Waals surface area contributed by atoms with Gasteiger partial charge in [-0.15, -0.1) is 0 Å². The maximum Gasteiger partial charge on any atom is 0.0774 e. The summed E-state index contributed by atoms with van der Waals surface area (Å²) in [4.78, 5) is 0.798. The van der Waals surface area contributed by atoms with E-state index in [-0.39, 0.29) is 0 Å². The zero-order valence-electron chi connectivity index (χ0n) is 13.0. The average molecular weight is 317 g/mol. The molecular weight excluding hydrogens is 294 g/mol. The number of rotatable bonds is 8. The standard InChI is InChI=1S/C18H23NO2S/c1-21-15-16-22(20,18-12-6-3-7-13-18)19-14-8-11-17-9-4-2-5-10-17/h2-7,9-10,12-13H,8,11,14-16H2,1H3. The molecule has 2 rings (SSSR count). The number of ether oxygens (including phenoxy) is 1. The summed E-state index contributed by atoms with van der Waals surface area (Å²) < 4.78 is 22.7. The van der Waals surface area contributed by atoms with E-state index in [2.05, 4.69) is 16.5 Å². The molecule has 0 N–H and O–H groups in total. The van der Waals surface area contributed by atoms with E-state index in [1.807, 2.05) is 48.5 Å². The fraction of sp³-hybridized carbons (Fsp3) is 0.333. The van der Waals surface area contributed by atoms with Crippen LogP contribution >= 0.6 is 0 Å². The third kappa shape index (κ3) is 4.97. The first kappa shape index (κ1) is 16.7. The number of aryl methyl sites for hydroxylation is 1. The van der Waals surface area contributed by atoms with Gasteiger partial charge in [-0.05, 0) is 30.5 Å². The van der Waals surface area contributed by atoms with E-state index >= 15 is 0 Å². The van der Waals surface area contributed by atoms with Crippen molar-refractivity contribution in [2.45, 2.75) is 17.7 Å². The van der Waals surface area contributed by atoms with Crippen LogP contribution in [0.1, 0.15) is 12.0 Å². The molecule has 0 spiro atoms. The first-order valence-corrected chi connectivity index (χ1v) is 9.21. The summed E-state index contributed by atoms with van der Waals surface area (Å²) in [7, 11) is -0.759. The highest BCUT2D eigenvalue weighted by atomic mass is 32.2. The van der Waals surface area contributed by atoms with E-state index < -0.39 is 9.73 Å². The second-order valence-corrected chi connectivity index (χ2v) is 7.51. The summed E-state index contributed by atoms with van der Waals surface area (Å²) in [6.45, 7) is 1.06. The Hall–Kier alpha value is -1.65. The van der Waals surface area contributed by atoms with Crippen molar-refractivity contribution in [3.63, 3.8) is 0 Å². The topological polar surface area (TPSA) is 38.7 Å². The van der Waals surface area contributed by atoms with E-state index in [9.17, 15) is 4.21 Å². The van der Waals surface area contributed by atoms with Crippen LogP contribution in [0.4, 0.5) is 0 Å². The number of hydrogen-bond donors (Lipinski definition) is 0. The summed E-state index contributed by atoms with van der Waals surface area (Å²) in [5.41, 5.74) is 1.29. The molecule has 22 heavy (non-hydrogen) atoms. The van der Waals surface area contributed by atoms with Crippen molar-refractivity contribution in [3.05, 3.63) is 66.2 Å². The fourth-order valence-electron chi connectivity index (χ4n) is 2.23. The highest BCUT2D eigenvalue weighted by Crippen LogP contribution is 2.14. The number of methoxy groups -OCH3 is 1. The van der Waals surface area contributed by atoms with Crippen molar-refractivity contribution in [2.75, 3.05) is 26.0 Å². The molecule has 0 aliphatic rings. The van der Waals surface area contributed by atoms with Crippen LogP contribution in [0.5, 0.6) is 0 Å². The summed E-state index contributed by atoms with van der Waals surface area (Å²) in [6, 6.07) is 19.8. The van der Waals surface area contributed by atoms with Crippen LogP contribution in [0.15, 0.2) is 69.9 Å². The minimum Gasteiger partial charge on any atom is -0.384 e. The molecule has 1 atom stereocenters. The third-order valence-electron chi connectivity index (χ3n) is 3.44. The molecule has 0 saturated carbocycles. The van der Waals surface area contributed by atoms with Crippen molar-refractivity contribution >= 4 is 9.73 Å². The van der Waals surface area contributed by atoms with Gasteiger partial charge in [0.15, 0.2) is 0 Å². The van der Waals surface area contributed by atoms with Crippen LogP contribution in [0.25, 0.3) is 0 Å². The third-order valence-corrected chi connectivity index (χ3v) is 5.77. The monoisotopic (exact) mass is 317 g/mol. The highest BCUT2D eigenvalue weighted by molar-refractivity contribution is 7.93. The predicted molar refractivity (Wildman–Crippen MR) is 91.7 cm³/mol. The van der Waals surface area contributed by atoms with Crippen LogP contribution in [-0.2, 0) is 20.9 Å². The van der Waals surface area contributed by atoms with Gasteiger partial charge in [-0.2, -0.15) is 0 Å². The smallest absolute Gasteiger partial charge is 0.0774 e. The number of nitrogens with zero attached hydrogens (tertiary/aromatic N) is 1. The Balaban J connectivity index is 2.04. The summed E-state index contributed by atoms with van der Waals surface area (Å²) in [6.07, 6.45) is 1.86. The largest absolute Gasteiger partial charge is 0.384 e. The lowest BCUT2D eigenvalue weighted by molar-refractivity contribution is 0.217. The molecule has 1 unspecified atom stereocenters. The zero-order chi connectivity index (χ0) is 15.7. The maximum atomic E-state index is 13.1. The van der Waals surface area contributed by atoms with Gasteiger partial charge in [-0.25, -0.2) is 8.57 Å². The molecule has 0 aliphatic heterocycles. The maximum absolute atomic E-state index is 13.1. The molecule has 3 nitrogen and oxygen atoms in total. The molecule has 0 heterocycles. The molecule has 0 radical (unpaired) electrons. The average Bonchev–Trinajstić information content (AvgIpc) is 2.59. The molecule has 0 amide bonds. The second kappa shape index (κ2) is 8.71. The lowest BCUT2D eigenvalue weighted by Gasteiger charge is -2.10. The minimum absolute atomic E-state index is 0.443. The van der Waals surface area contributed by atoms with Gasteiger partial charge in [0.2, 0.25) is 0 Å². The SMILES string of the molecule is COCCS(=O)(=NCCCc1ccccc1)c1ccccc1. The van der Waals surface area contributed by atoms with Gasteiger partial charge in [-0.3, -0.25) is 0 Å². The Morgan fingerprint density at radius 1 is 1.00 bits per heavy atom. The van der Waals surface area contributed by atoms with Crippen LogP contribution in [0, 0.1) is 0 Å². The Labute approximate surface area is 133 Å². The van der Waals surface area contributed by atoms with Crippen molar-refractivity contribution in [3.8, 4) is 0 Å². The van der Waals surface area contributed by atoms with Crippen LogP contribution in [0.2, 0.25) is 0 Å². The highest BCUT2D eigenvalue weighted by Gasteiger charge is 2.11. The molecule has 0 aromatic heterocycles.